The second kappa shape index (κ2) is 4.99. The molecule has 1 aromatic carbocycles. The molecule has 1 aromatic rings. The molecule has 0 bridgehead atoms. The maximum absolute atomic E-state index is 5.46. The normalized spacial score (nSPS) is 23.4. The summed E-state index contributed by atoms with van der Waals surface area (Å²) in [6.07, 6.45) is 8.36. The van der Waals surface area contributed by atoms with E-state index in [0.29, 0.717) is 0 Å². The maximum Gasteiger partial charge on any atom is 0.122 e. The van der Waals surface area contributed by atoms with E-state index in [1.54, 1.807) is 14.2 Å². The predicted molar refractivity (Wildman–Crippen MR) is 64.8 cm³/mol. The van der Waals surface area contributed by atoms with Gasteiger partial charge in [0.15, 0.2) is 0 Å². The van der Waals surface area contributed by atoms with Gasteiger partial charge in [-0.25, -0.2) is 0 Å². The number of benzene rings is 1. The number of hydrogen-bond donors (Lipinski definition) is 0. The molecular formula is C14H16O2. The lowest BCUT2D eigenvalue weighted by Crippen LogP contribution is -2.19. The van der Waals surface area contributed by atoms with Gasteiger partial charge in [0.1, 0.15) is 5.75 Å². The summed E-state index contributed by atoms with van der Waals surface area (Å²) in [6, 6.07) is 8.07. The quantitative estimate of drug-likeness (QED) is 0.773. The fourth-order valence-electron chi connectivity index (χ4n) is 2.03. The molecule has 1 aliphatic rings. The summed E-state index contributed by atoms with van der Waals surface area (Å²) in [5.41, 5.74) is 1.16. The molecule has 0 amide bonds. The topological polar surface area (TPSA) is 18.5 Å². The Morgan fingerprint density at radius 1 is 1.00 bits per heavy atom. The lowest BCUT2D eigenvalue weighted by molar-refractivity contribution is 0.127. The lowest BCUT2D eigenvalue weighted by atomic mass is 9.89. The van der Waals surface area contributed by atoms with Crippen molar-refractivity contribution in [3.05, 3.63) is 54.1 Å². The van der Waals surface area contributed by atoms with Crippen LogP contribution < -0.4 is 4.74 Å². The average molecular weight is 216 g/mol. The third-order valence-electron chi connectivity index (χ3n) is 2.85. The van der Waals surface area contributed by atoms with Gasteiger partial charge >= 0.3 is 0 Å². The van der Waals surface area contributed by atoms with Crippen LogP contribution in [0, 0.1) is 0 Å². The van der Waals surface area contributed by atoms with Crippen LogP contribution in [0.3, 0.4) is 0 Å². The molecule has 0 aliphatic heterocycles. The van der Waals surface area contributed by atoms with Crippen molar-refractivity contribution in [1.29, 1.82) is 0 Å². The minimum absolute atomic E-state index is 0.0845. The van der Waals surface area contributed by atoms with E-state index < -0.39 is 0 Å². The van der Waals surface area contributed by atoms with Crippen molar-refractivity contribution >= 4 is 0 Å². The molecule has 0 radical (unpaired) electrons. The summed E-state index contributed by atoms with van der Waals surface area (Å²) in [6.45, 7) is 0. The molecule has 2 atom stereocenters. The Balaban J connectivity index is 2.35. The standard InChI is InChI=1S/C14H16O2/c1-15-13-9-5-3-7-11(13)12-8-4-6-10-14(12)16-2/h3-11,13H,1-2H3. The highest BCUT2D eigenvalue weighted by Gasteiger charge is 2.22. The first-order chi connectivity index (χ1) is 7.86. The molecule has 2 rings (SSSR count). The Morgan fingerprint density at radius 3 is 2.50 bits per heavy atom. The van der Waals surface area contributed by atoms with Gasteiger partial charge in [-0.15, -0.1) is 0 Å². The number of ether oxygens (including phenoxy) is 2. The summed E-state index contributed by atoms with van der Waals surface area (Å²) in [4.78, 5) is 0. The van der Waals surface area contributed by atoms with Crippen LogP contribution in [0.4, 0.5) is 0 Å². The van der Waals surface area contributed by atoms with E-state index >= 15 is 0 Å². The zero-order valence-corrected chi connectivity index (χ0v) is 9.59. The third-order valence-corrected chi connectivity index (χ3v) is 2.85. The minimum Gasteiger partial charge on any atom is -0.496 e. The molecule has 0 saturated carbocycles. The van der Waals surface area contributed by atoms with Crippen LogP contribution in [0.5, 0.6) is 5.75 Å². The highest BCUT2D eigenvalue weighted by molar-refractivity contribution is 5.41. The van der Waals surface area contributed by atoms with Crippen molar-refractivity contribution in [3.8, 4) is 5.75 Å². The second-order valence-electron chi connectivity index (χ2n) is 3.74. The lowest BCUT2D eigenvalue weighted by Gasteiger charge is -2.24. The van der Waals surface area contributed by atoms with Gasteiger partial charge in [-0.3, -0.25) is 0 Å². The third kappa shape index (κ3) is 2.02. The van der Waals surface area contributed by atoms with Crippen LogP contribution >= 0.6 is 0 Å². The first-order valence-corrected chi connectivity index (χ1v) is 5.37. The van der Waals surface area contributed by atoms with Gasteiger partial charge < -0.3 is 9.47 Å². The van der Waals surface area contributed by atoms with E-state index in [4.69, 9.17) is 9.47 Å². The molecule has 0 heterocycles. The van der Waals surface area contributed by atoms with Gasteiger partial charge in [0.25, 0.3) is 0 Å². The number of methoxy groups -OCH3 is 2. The van der Waals surface area contributed by atoms with E-state index in [9.17, 15) is 0 Å². The molecule has 1 aliphatic carbocycles. The number of hydrogen-bond acceptors (Lipinski definition) is 2. The molecular weight excluding hydrogens is 200 g/mol. The van der Waals surface area contributed by atoms with Crippen LogP contribution in [0.25, 0.3) is 0 Å². The van der Waals surface area contributed by atoms with E-state index in [-0.39, 0.29) is 12.0 Å². The second-order valence-corrected chi connectivity index (χ2v) is 3.74. The molecule has 2 unspecified atom stereocenters. The zero-order chi connectivity index (χ0) is 11.4. The van der Waals surface area contributed by atoms with Crippen LogP contribution in [-0.2, 0) is 4.74 Å². The molecule has 0 fully saturated rings. The maximum atomic E-state index is 5.46. The van der Waals surface area contributed by atoms with Crippen molar-refractivity contribution in [1.82, 2.24) is 0 Å². The van der Waals surface area contributed by atoms with Crippen LogP contribution in [0.2, 0.25) is 0 Å². The molecule has 0 spiro atoms. The summed E-state index contributed by atoms with van der Waals surface area (Å²) in [7, 11) is 3.43. The van der Waals surface area contributed by atoms with Gasteiger partial charge in [0.05, 0.1) is 13.2 Å². The number of rotatable bonds is 3. The van der Waals surface area contributed by atoms with Crippen LogP contribution in [0.1, 0.15) is 11.5 Å². The van der Waals surface area contributed by atoms with Crippen molar-refractivity contribution in [3.63, 3.8) is 0 Å². The Hall–Kier alpha value is -1.54. The largest absolute Gasteiger partial charge is 0.496 e. The zero-order valence-electron chi connectivity index (χ0n) is 9.59. The number of allylic oxidation sites excluding steroid dienone is 2. The van der Waals surface area contributed by atoms with E-state index in [1.165, 1.54) is 0 Å². The molecule has 0 N–H and O–H groups in total. The van der Waals surface area contributed by atoms with E-state index in [2.05, 4.69) is 18.2 Å². The average Bonchev–Trinajstić information content (AvgIpc) is 2.38. The summed E-state index contributed by atoms with van der Waals surface area (Å²) in [5, 5.41) is 0. The fourth-order valence-corrected chi connectivity index (χ4v) is 2.03. The van der Waals surface area contributed by atoms with Gasteiger partial charge in [-0.1, -0.05) is 42.5 Å². The van der Waals surface area contributed by atoms with Gasteiger partial charge in [0, 0.05) is 18.6 Å². The van der Waals surface area contributed by atoms with Crippen LogP contribution in [-0.4, -0.2) is 20.3 Å². The Morgan fingerprint density at radius 2 is 1.75 bits per heavy atom. The Labute approximate surface area is 96.2 Å². The van der Waals surface area contributed by atoms with Gasteiger partial charge in [-0.2, -0.15) is 0 Å². The smallest absolute Gasteiger partial charge is 0.122 e. The predicted octanol–water partition coefficient (Wildman–Crippen LogP) is 2.92. The summed E-state index contributed by atoms with van der Waals surface area (Å²) in [5.74, 6) is 1.14. The summed E-state index contributed by atoms with van der Waals surface area (Å²) >= 11 is 0. The Kier molecular flexibility index (Phi) is 3.42. The Bertz CT molecular complexity index is 407. The van der Waals surface area contributed by atoms with E-state index in [1.807, 2.05) is 30.4 Å². The molecule has 16 heavy (non-hydrogen) atoms. The molecule has 2 heteroatoms. The van der Waals surface area contributed by atoms with Crippen molar-refractivity contribution in [2.24, 2.45) is 0 Å². The highest BCUT2D eigenvalue weighted by Crippen LogP contribution is 2.33. The SMILES string of the molecule is COc1ccccc1C1C=CC=CC1OC. The molecule has 2 nitrogen and oxygen atoms in total. The van der Waals surface area contributed by atoms with Crippen molar-refractivity contribution in [2.45, 2.75) is 12.0 Å². The summed E-state index contributed by atoms with van der Waals surface area (Å²) < 4.78 is 10.8. The molecule has 0 saturated heterocycles. The minimum atomic E-state index is 0.0845. The number of para-hydroxylation sites is 1. The monoisotopic (exact) mass is 216 g/mol. The molecule has 84 valence electrons. The fraction of sp³-hybridized carbons (Fsp3) is 0.286. The van der Waals surface area contributed by atoms with Crippen molar-refractivity contribution < 1.29 is 9.47 Å². The highest BCUT2D eigenvalue weighted by atomic mass is 16.5. The first-order valence-electron chi connectivity index (χ1n) is 5.37. The van der Waals surface area contributed by atoms with Gasteiger partial charge in [0.2, 0.25) is 0 Å². The van der Waals surface area contributed by atoms with Crippen molar-refractivity contribution in [2.75, 3.05) is 14.2 Å². The van der Waals surface area contributed by atoms with E-state index in [0.717, 1.165) is 11.3 Å². The molecule has 0 aromatic heterocycles. The van der Waals surface area contributed by atoms with Gasteiger partial charge in [-0.05, 0) is 6.07 Å². The van der Waals surface area contributed by atoms with Crippen LogP contribution in [0.15, 0.2) is 48.6 Å². The first kappa shape index (κ1) is 11.0.